The molecule has 0 aromatic rings. The van der Waals surface area contributed by atoms with Crippen molar-refractivity contribution in [1.82, 2.24) is 26.6 Å². The van der Waals surface area contributed by atoms with E-state index in [1.54, 1.807) is 69.2 Å². The van der Waals surface area contributed by atoms with E-state index in [0.717, 1.165) is 0 Å². The monoisotopic (exact) mass is 612 g/mol. The zero-order valence-corrected chi connectivity index (χ0v) is 28.2. The Labute approximate surface area is 256 Å². The van der Waals surface area contributed by atoms with Crippen LogP contribution in [-0.2, 0) is 28.8 Å². The van der Waals surface area contributed by atoms with Crippen LogP contribution in [0.3, 0.4) is 0 Å². The molecule has 0 fully saturated rings. The fourth-order valence-electron chi connectivity index (χ4n) is 3.19. The van der Waals surface area contributed by atoms with E-state index >= 15 is 0 Å². The Morgan fingerprint density at radius 1 is 0.419 bits per heavy atom. The Hall–Kier alpha value is -3.22. The second-order valence-corrected chi connectivity index (χ2v) is 15.2. The van der Waals surface area contributed by atoms with E-state index in [2.05, 4.69) is 26.6 Å². The molecule has 0 radical (unpaired) electrons. The molecule has 0 bridgehead atoms. The molecule has 13 nitrogen and oxygen atoms in total. The van der Waals surface area contributed by atoms with Gasteiger partial charge in [-0.05, 0) is 83.1 Å². The molecule has 0 aliphatic heterocycles. The van der Waals surface area contributed by atoms with E-state index in [0.29, 0.717) is 0 Å². The third kappa shape index (κ3) is 12.1. The SMILES string of the molecule is CC(C)(CNC(=O)C(C)(C)CNC(=O)C(C)(C)CNC(=O)C(C)(C)CNC(=O)C(C)(C)CNC(=O)C(C)(C)CN)C(=O)O. The van der Waals surface area contributed by atoms with Crippen molar-refractivity contribution in [2.45, 2.75) is 83.1 Å². The minimum Gasteiger partial charge on any atom is -0.481 e. The van der Waals surface area contributed by atoms with Gasteiger partial charge in [-0.25, -0.2) is 0 Å². The van der Waals surface area contributed by atoms with E-state index in [1.165, 1.54) is 13.8 Å². The molecule has 43 heavy (non-hydrogen) atoms. The van der Waals surface area contributed by atoms with Gasteiger partial charge in [-0.1, -0.05) is 0 Å². The molecule has 5 amide bonds. The van der Waals surface area contributed by atoms with Crippen LogP contribution >= 0.6 is 0 Å². The first-order valence-electron chi connectivity index (χ1n) is 14.5. The molecule has 0 saturated carbocycles. The first-order valence-corrected chi connectivity index (χ1v) is 14.5. The van der Waals surface area contributed by atoms with Crippen LogP contribution in [0.5, 0.6) is 0 Å². The number of hydrogen-bond acceptors (Lipinski definition) is 7. The second-order valence-electron chi connectivity index (χ2n) is 15.2. The molecule has 0 aliphatic carbocycles. The fourth-order valence-corrected chi connectivity index (χ4v) is 3.19. The van der Waals surface area contributed by atoms with Crippen LogP contribution in [0.2, 0.25) is 0 Å². The predicted octanol–water partition coefficient (Wildman–Crippen LogP) is 0.768. The molecule has 248 valence electrons. The van der Waals surface area contributed by atoms with Gasteiger partial charge in [0, 0.05) is 39.3 Å². The van der Waals surface area contributed by atoms with Gasteiger partial charge in [-0.15, -0.1) is 0 Å². The lowest BCUT2D eigenvalue weighted by Gasteiger charge is -2.32. The van der Waals surface area contributed by atoms with Gasteiger partial charge in [0.25, 0.3) is 0 Å². The maximum Gasteiger partial charge on any atom is 0.310 e. The maximum absolute atomic E-state index is 13.0. The number of rotatable bonds is 17. The van der Waals surface area contributed by atoms with Crippen LogP contribution in [0.1, 0.15) is 83.1 Å². The summed E-state index contributed by atoms with van der Waals surface area (Å²) in [5, 5.41) is 23.0. The molecule has 0 aliphatic rings. The Morgan fingerprint density at radius 3 is 0.791 bits per heavy atom. The molecule has 0 aromatic heterocycles. The van der Waals surface area contributed by atoms with Crippen molar-refractivity contribution in [1.29, 1.82) is 0 Å². The van der Waals surface area contributed by atoms with Crippen molar-refractivity contribution in [2.24, 2.45) is 38.2 Å². The van der Waals surface area contributed by atoms with Crippen LogP contribution < -0.4 is 32.3 Å². The molecule has 0 aromatic carbocycles. The van der Waals surface area contributed by atoms with Gasteiger partial charge in [0.1, 0.15) is 0 Å². The summed E-state index contributed by atoms with van der Waals surface area (Å²) in [6, 6.07) is 0. The summed E-state index contributed by atoms with van der Waals surface area (Å²) in [6.45, 7) is 20.0. The van der Waals surface area contributed by atoms with Crippen LogP contribution in [0.4, 0.5) is 0 Å². The fraction of sp³-hybridized carbons (Fsp3) is 0.800. The average molecular weight is 613 g/mol. The number of amides is 5. The highest BCUT2D eigenvalue weighted by Crippen LogP contribution is 2.22. The minimum atomic E-state index is -1.14. The van der Waals surface area contributed by atoms with Crippen molar-refractivity contribution in [2.75, 3.05) is 39.3 Å². The lowest BCUT2D eigenvalue weighted by molar-refractivity contribution is -0.147. The van der Waals surface area contributed by atoms with Gasteiger partial charge in [-0.2, -0.15) is 0 Å². The Bertz CT molecular complexity index is 1060. The van der Waals surface area contributed by atoms with E-state index in [1.807, 2.05) is 0 Å². The molecule has 0 rings (SSSR count). The van der Waals surface area contributed by atoms with Gasteiger partial charge in [0.05, 0.1) is 32.5 Å². The standard InChI is InChI=1S/C30H56N6O7/c1-25(2,13-31)19(37)32-14-26(3,4)20(38)33-15-27(5,6)21(39)34-16-28(7,8)22(40)35-17-29(9,10)23(41)36-18-30(11,12)24(42)43/h13-18,31H2,1-12H3,(H,32,37)(H,33,38)(H,34,39)(H,35,40)(H,36,41)(H,42,43). The Kier molecular flexibility index (Phi) is 13.4. The molecule has 8 N–H and O–H groups in total. The number of hydrogen-bond donors (Lipinski definition) is 7. The predicted molar refractivity (Wildman–Crippen MR) is 164 cm³/mol. The highest BCUT2D eigenvalue weighted by atomic mass is 16.4. The molecule has 0 spiro atoms. The summed E-state index contributed by atoms with van der Waals surface area (Å²) in [5.41, 5.74) is -0.241. The van der Waals surface area contributed by atoms with E-state index in [9.17, 15) is 33.9 Å². The van der Waals surface area contributed by atoms with Gasteiger partial charge < -0.3 is 37.4 Å². The van der Waals surface area contributed by atoms with Crippen LogP contribution in [0.25, 0.3) is 0 Å². The highest BCUT2D eigenvalue weighted by molar-refractivity contribution is 5.88. The molecular weight excluding hydrogens is 556 g/mol. The molecule has 13 heteroatoms. The van der Waals surface area contributed by atoms with Crippen molar-refractivity contribution in [3.8, 4) is 0 Å². The number of nitrogens with one attached hydrogen (secondary N) is 5. The van der Waals surface area contributed by atoms with Crippen molar-refractivity contribution in [3.63, 3.8) is 0 Å². The quantitative estimate of drug-likeness (QED) is 0.124. The zero-order chi connectivity index (χ0) is 34.2. The number of nitrogens with two attached hydrogens (primary N) is 1. The van der Waals surface area contributed by atoms with E-state index in [-0.39, 0.29) is 62.9 Å². The molecular formula is C30H56N6O7. The third-order valence-corrected chi connectivity index (χ3v) is 7.62. The summed E-state index contributed by atoms with van der Waals surface area (Å²) in [6.07, 6.45) is 0. The number of carbonyl (C=O) groups is 6. The second kappa shape index (κ2) is 14.5. The summed E-state index contributed by atoms with van der Waals surface area (Å²) < 4.78 is 0. The first-order chi connectivity index (χ1) is 19.1. The topological polar surface area (TPSA) is 209 Å². The van der Waals surface area contributed by atoms with Gasteiger partial charge >= 0.3 is 5.97 Å². The largest absolute Gasteiger partial charge is 0.481 e. The molecule has 0 unspecified atom stereocenters. The first kappa shape index (κ1) is 39.8. The average Bonchev–Trinajstić information content (AvgIpc) is 2.90. The van der Waals surface area contributed by atoms with Crippen molar-refractivity contribution in [3.05, 3.63) is 0 Å². The Morgan fingerprint density at radius 2 is 0.605 bits per heavy atom. The number of aliphatic carboxylic acids is 1. The third-order valence-electron chi connectivity index (χ3n) is 7.62. The van der Waals surface area contributed by atoms with E-state index in [4.69, 9.17) is 5.73 Å². The normalized spacial score (nSPS) is 13.0. The van der Waals surface area contributed by atoms with Crippen molar-refractivity contribution < 1.29 is 33.9 Å². The number of carboxylic acid groups (broad SMARTS) is 1. The lowest BCUT2D eigenvalue weighted by atomic mass is 9.87. The Balaban J connectivity index is 4.98. The molecule has 0 heterocycles. The highest BCUT2D eigenvalue weighted by Gasteiger charge is 2.37. The van der Waals surface area contributed by atoms with Gasteiger partial charge in [0.2, 0.25) is 29.5 Å². The van der Waals surface area contributed by atoms with Crippen molar-refractivity contribution >= 4 is 35.5 Å². The van der Waals surface area contributed by atoms with Gasteiger partial charge in [0.15, 0.2) is 0 Å². The summed E-state index contributed by atoms with van der Waals surface area (Å²) in [5.74, 6) is -2.78. The molecule has 0 atom stereocenters. The lowest BCUT2D eigenvalue weighted by Crippen LogP contribution is -2.53. The maximum atomic E-state index is 13.0. The number of carboxylic acids is 1. The van der Waals surface area contributed by atoms with Crippen LogP contribution in [-0.4, -0.2) is 79.9 Å². The van der Waals surface area contributed by atoms with E-state index < -0.39 is 44.4 Å². The summed E-state index contributed by atoms with van der Waals surface area (Å²) in [7, 11) is 0. The summed E-state index contributed by atoms with van der Waals surface area (Å²) >= 11 is 0. The van der Waals surface area contributed by atoms with Crippen LogP contribution in [0.15, 0.2) is 0 Å². The number of carbonyl (C=O) groups excluding carboxylic acids is 5. The summed E-state index contributed by atoms with van der Waals surface area (Å²) in [4.78, 5) is 75.1. The molecule has 0 saturated heterocycles. The smallest absolute Gasteiger partial charge is 0.310 e. The van der Waals surface area contributed by atoms with Gasteiger partial charge in [-0.3, -0.25) is 28.8 Å². The minimum absolute atomic E-state index is 0.0000260. The van der Waals surface area contributed by atoms with Crippen LogP contribution in [0, 0.1) is 32.5 Å². The zero-order valence-electron chi connectivity index (χ0n) is 28.2.